The van der Waals surface area contributed by atoms with Gasteiger partial charge in [0, 0.05) is 0 Å². The van der Waals surface area contributed by atoms with Crippen LogP contribution in [0.4, 0.5) is 0 Å². The zero-order valence-electron chi connectivity index (χ0n) is 12.0. The number of aliphatic hydroxyl groups is 1. The van der Waals surface area contributed by atoms with Gasteiger partial charge in [0.1, 0.15) is 6.10 Å². The van der Waals surface area contributed by atoms with Crippen molar-refractivity contribution < 1.29 is 20.0 Å². The molecule has 0 amide bonds. The summed E-state index contributed by atoms with van der Waals surface area (Å²) in [4.78, 5) is 16.3. The summed E-state index contributed by atoms with van der Waals surface area (Å²) in [6, 6.07) is 0. The van der Waals surface area contributed by atoms with Gasteiger partial charge in [-0.1, -0.05) is 12.2 Å². The topological polar surface area (TPSA) is 66.8 Å². The van der Waals surface area contributed by atoms with E-state index in [1.807, 2.05) is 6.92 Å². The summed E-state index contributed by atoms with van der Waals surface area (Å²) < 4.78 is 0. The molecule has 1 rings (SSSR count). The lowest BCUT2D eigenvalue weighted by molar-refractivity contribution is -0.271. The Balaban J connectivity index is 2.66. The van der Waals surface area contributed by atoms with Crippen LogP contribution in [0.2, 0.25) is 0 Å². The first kappa shape index (κ1) is 16.1. The highest BCUT2D eigenvalue weighted by molar-refractivity contribution is 5.94. The number of rotatable bonds is 6. The van der Waals surface area contributed by atoms with Crippen molar-refractivity contribution >= 4 is 5.78 Å². The van der Waals surface area contributed by atoms with Crippen molar-refractivity contribution in [2.24, 2.45) is 5.92 Å². The van der Waals surface area contributed by atoms with Crippen LogP contribution >= 0.6 is 0 Å². The number of ketones is 1. The average Bonchev–Trinajstić information content (AvgIpc) is 2.28. The van der Waals surface area contributed by atoms with Crippen LogP contribution in [-0.2, 0) is 9.68 Å². The largest absolute Gasteiger partial charge is 0.389 e. The highest BCUT2D eigenvalue weighted by Crippen LogP contribution is 2.33. The Labute approximate surface area is 114 Å². The second kappa shape index (κ2) is 6.46. The van der Waals surface area contributed by atoms with Gasteiger partial charge in [-0.15, -0.1) is 0 Å². The predicted octanol–water partition coefficient (Wildman–Crippen LogP) is 2.88. The maximum atomic E-state index is 12.0. The molecule has 4 nitrogen and oxygen atoms in total. The molecule has 3 atom stereocenters. The third kappa shape index (κ3) is 4.27. The van der Waals surface area contributed by atoms with Crippen molar-refractivity contribution in [3.05, 3.63) is 23.8 Å². The van der Waals surface area contributed by atoms with Crippen LogP contribution in [0.25, 0.3) is 0 Å². The van der Waals surface area contributed by atoms with Gasteiger partial charge in [0.2, 0.25) is 0 Å². The molecular formula is C15H24O4. The molecule has 0 aliphatic heterocycles. The number of hydrogen-bond acceptors (Lipinski definition) is 4. The minimum Gasteiger partial charge on any atom is -0.389 e. The van der Waals surface area contributed by atoms with Gasteiger partial charge >= 0.3 is 0 Å². The molecule has 0 spiro atoms. The molecule has 0 saturated heterocycles. The Kier molecular flexibility index (Phi) is 5.47. The first-order chi connectivity index (χ1) is 8.77. The SMILES string of the molecule is C=C(C)C(CCC(C)(O)C1CCC(C)=CC1=O)OO. The van der Waals surface area contributed by atoms with Crippen molar-refractivity contribution in [2.45, 2.75) is 58.2 Å². The van der Waals surface area contributed by atoms with Crippen LogP contribution in [0.1, 0.15) is 46.5 Å². The van der Waals surface area contributed by atoms with Crippen LogP contribution < -0.4 is 0 Å². The van der Waals surface area contributed by atoms with Crippen LogP contribution in [0.3, 0.4) is 0 Å². The number of hydrogen-bond donors (Lipinski definition) is 2. The molecule has 4 heteroatoms. The standard InChI is InChI=1S/C15H24O4/c1-10(2)14(19-18)7-8-15(4,17)12-6-5-11(3)9-13(12)16/h9,12,14,17-18H,1,5-8H2,2-4H3. The number of carbonyl (C=O) groups is 1. The fourth-order valence-electron chi connectivity index (χ4n) is 2.53. The van der Waals surface area contributed by atoms with Crippen LogP contribution in [-0.4, -0.2) is 27.9 Å². The van der Waals surface area contributed by atoms with E-state index in [2.05, 4.69) is 11.5 Å². The van der Waals surface area contributed by atoms with Crippen molar-refractivity contribution in [1.29, 1.82) is 0 Å². The van der Waals surface area contributed by atoms with Crippen molar-refractivity contribution in [1.82, 2.24) is 0 Å². The molecule has 0 aromatic carbocycles. The fourth-order valence-corrected chi connectivity index (χ4v) is 2.53. The van der Waals surface area contributed by atoms with Crippen molar-refractivity contribution in [3.63, 3.8) is 0 Å². The smallest absolute Gasteiger partial charge is 0.161 e. The first-order valence-electron chi connectivity index (χ1n) is 6.67. The van der Waals surface area contributed by atoms with Gasteiger partial charge in [-0.25, -0.2) is 4.89 Å². The molecule has 0 bridgehead atoms. The molecule has 0 radical (unpaired) electrons. The molecule has 1 aliphatic rings. The molecule has 108 valence electrons. The summed E-state index contributed by atoms with van der Waals surface area (Å²) in [6.45, 7) is 9.09. The summed E-state index contributed by atoms with van der Waals surface area (Å²) in [7, 11) is 0. The number of allylic oxidation sites excluding steroid dienone is 2. The van der Waals surface area contributed by atoms with Gasteiger partial charge in [-0.05, 0) is 58.1 Å². The molecule has 3 unspecified atom stereocenters. The quantitative estimate of drug-likeness (QED) is 0.441. The third-order valence-electron chi connectivity index (χ3n) is 3.90. The average molecular weight is 268 g/mol. The Morgan fingerprint density at radius 2 is 2.32 bits per heavy atom. The Morgan fingerprint density at radius 3 is 2.79 bits per heavy atom. The van der Waals surface area contributed by atoms with E-state index in [0.29, 0.717) is 24.8 Å². The molecule has 19 heavy (non-hydrogen) atoms. The van der Waals surface area contributed by atoms with E-state index in [4.69, 9.17) is 5.26 Å². The monoisotopic (exact) mass is 268 g/mol. The van der Waals surface area contributed by atoms with Crippen LogP contribution in [0.15, 0.2) is 23.8 Å². The zero-order chi connectivity index (χ0) is 14.6. The second-order valence-electron chi connectivity index (χ2n) is 5.82. The Morgan fingerprint density at radius 1 is 1.68 bits per heavy atom. The molecule has 0 heterocycles. The summed E-state index contributed by atoms with van der Waals surface area (Å²) in [5.74, 6) is -0.383. The highest BCUT2D eigenvalue weighted by atomic mass is 17.1. The van der Waals surface area contributed by atoms with Gasteiger partial charge < -0.3 is 5.11 Å². The molecule has 1 aliphatic carbocycles. The van der Waals surface area contributed by atoms with E-state index in [-0.39, 0.29) is 11.7 Å². The lowest BCUT2D eigenvalue weighted by Crippen LogP contribution is -2.41. The van der Waals surface area contributed by atoms with E-state index >= 15 is 0 Å². The van der Waals surface area contributed by atoms with E-state index in [9.17, 15) is 9.90 Å². The van der Waals surface area contributed by atoms with E-state index in [1.165, 1.54) is 0 Å². The van der Waals surface area contributed by atoms with Gasteiger partial charge in [-0.3, -0.25) is 10.1 Å². The van der Waals surface area contributed by atoms with Crippen LogP contribution in [0, 0.1) is 5.92 Å². The summed E-state index contributed by atoms with van der Waals surface area (Å²) in [6.07, 6.45) is 3.46. The third-order valence-corrected chi connectivity index (χ3v) is 3.90. The molecule has 0 fully saturated rings. The molecule has 0 aromatic heterocycles. The molecule has 2 N–H and O–H groups in total. The van der Waals surface area contributed by atoms with E-state index < -0.39 is 11.7 Å². The number of carbonyl (C=O) groups excluding carboxylic acids is 1. The summed E-state index contributed by atoms with van der Waals surface area (Å²) in [5.41, 5.74) is 0.681. The molecule has 0 saturated carbocycles. The van der Waals surface area contributed by atoms with Crippen molar-refractivity contribution in [3.8, 4) is 0 Å². The lowest BCUT2D eigenvalue weighted by atomic mass is 9.75. The maximum Gasteiger partial charge on any atom is 0.161 e. The normalized spacial score (nSPS) is 24.6. The highest BCUT2D eigenvalue weighted by Gasteiger charge is 2.37. The maximum absolute atomic E-state index is 12.0. The van der Waals surface area contributed by atoms with E-state index in [0.717, 1.165) is 12.0 Å². The molecule has 0 aromatic rings. The zero-order valence-corrected chi connectivity index (χ0v) is 12.0. The van der Waals surface area contributed by atoms with Gasteiger partial charge in [-0.2, -0.15) is 0 Å². The minimum absolute atomic E-state index is 0.00876. The predicted molar refractivity (Wildman–Crippen MR) is 73.7 cm³/mol. The fraction of sp³-hybridized carbons (Fsp3) is 0.667. The first-order valence-corrected chi connectivity index (χ1v) is 6.67. The minimum atomic E-state index is -1.08. The Hall–Kier alpha value is -0.970. The second-order valence-corrected chi connectivity index (χ2v) is 5.82. The summed E-state index contributed by atoms with van der Waals surface area (Å²) >= 11 is 0. The lowest BCUT2D eigenvalue weighted by Gasteiger charge is -2.34. The van der Waals surface area contributed by atoms with Gasteiger partial charge in [0.25, 0.3) is 0 Å². The van der Waals surface area contributed by atoms with Crippen molar-refractivity contribution in [2.75, 3.05) is 0 Å². The van der Waals surface area contributed by atoms with E-state index in [1.54, 1.807) is 19.9 Å². The van der Waals surface area contributed by atoms with Crippen LogP contribution in [0.5, 0.6) is 0 Å². The summed E-state index contributed by atoms with van der Waals surface area (Å²) in [5, 5.41) is 19.3. The van der Waals surface area contributed by atoms with Gasteiger partial charge in [0.15, 0.2) is 5.78 Å². The van der Waals surface area contributed by atoms with Gasteiger partial charge in [0.05, 0.1) is 11.5 Å². The Bertz CT molecular complexity index is 382. The molecular weight excluding hydrogens is 244 g/mol.